The molecule has 108 valence electrons. The van der Waals surface area contributed by atoms with Gasteiger partial charge in [0.15, 0.2) is 0 Å². The van der Waals surface area contributed by atoms with Crippen LogP contribution in [0.5, 0.6) is 0 Å². The Bertz CT molecular complexity index is 781. The second kappa shape index (κ2) is 5.05. The van der Waals surface area contributed by atoms with Gasteiger partial charge in [-0.2, -0.15) is 0 Å². The summed E-state index contributed by atoms with van der Waals surface area (Å²) in [7, 11) is 1.68. The summed E-state index contributed by atoms with van der Waals surface area (Å²) in [6.07, 6.45) is 0.251. The Morgan fingerprint density at radius 2 is 2.10 bits per heavy atom. The lowest BCUT2D eigenvalue weighted by atomic mass is 10.1. The number of hydrogen-bond donors (Lipinski definition) is 1. The summed E-state index contributed by atoms with van der Waals surface area (Å²) < 4.78 is 5.13. The average molecular weight is 286 g/mol. The van der Waals surface area contributed by atoms with E-state index in [1.54, 1.807) is 36.2 Å². The molecule has 0 aliphatic carbocycles. The van der Waals surface area contributed by atoms with E-state index in [4.69, 9.17) is 4.42 Å². The van der Waals surface area contributed by atoms with Crippen molar-refractivity contribution in [3.05, 3.63) is 46.3 Å². The van der Waals surface area contributed by atoms with Crippen molar-refractivity contribution in [2.45, 2.75) is 12.5 Å². The number of rotatable bonds is 2. The van der Waals surface area contributed by atoms with E-state index in [-0.39, 0.29) is 23.9 Å². The van der Waals surface area contributed by atoms with Crippen molar-refractivity contribution in [1.29, 1.82) is 0 Å². The van der Waals surface area contributed by atoms with Crippen LogP contribution < -0.4 is 10.9 Å². The predicted octanol–water partition coefficient (Wildman–Crippen LogP) is 0.753. The number of likely N-dealkylation sites (N-methyl/N-ethyl adjacent to an activating group) is 1. The fraction of sp³-hybridized carbons (Fsp3) is 0.267. The van der Waals surface area contributed by atoms with Crippen molar-refractivity contribution in [3.8, 4) is 0 Å². The minimum Gasteiger partial charge on any atom is -0.422 e. The van der Waals surface area contributed by atoms with Crippen molar-refractivity contribution in [2.24, 2.45) is 0 Å². The zero-order valence-corrected chi connectivity index (χ0v) is 11.5. The van der Waals surface area contributed by atoms with Crippen LogP contribution in [0.15, 0.2) is 39.5 Å². The van der Waals surface area contributed by atoms with Gasteiger partial charge >= 0.3 is 5.63 Å². The van der Waals surface area contributed by atoms with Gasteiger partial charge in [-0.25, -0.2) is 4.79 Å². The maximum absolute atomic E-state index is 12.2. The molecule has 0 saturated carbocycles. The van der Waals surface area contributed by atoms with E-state index in [9.17, 15) is 14.4 Å². The molecule has 1 unspecified atom stereocenters. The second-order valence-corrected chi connectivity index (χ2v) is 5.13. The van der Waals surface area contributed by atoms with Crippen molar-refractivity contribution >= 4 is 22.8 Å². The Labute approximate surface area is 120 Å². The second-order valence-electron chi connectivity index (χ2n) is 5.13. The van der Waals surface area contributed by atoms with Crippen LogP contribution in [-0.4, -0.2) is 36.3 Å². The monoisotopic (exact) mass is 286 g/mol. The average Bonchev–Trinajstić information content (AvgIpc) is 2.76. The fourth-order valence-corrected chi connectivity index (χ4v) is 2.44. The van der Waals surface area contributed by atoms with Crippen molar-refractivity contribution < 1.29 is 14.0 Å². The highest BCUT2D eigenvalue weighted by atomic mass is 16.4. The van der Waals surface area contributed by atoms with Crippen molar-refractivity contribution in [2.75, 3.05) is 13.6 Å². The molecule has 0 bridgehead atoms. The Morgan fingerprint density at radius 1 is 1.33 bits per heavy atom. The molecular weight excluding hydrogens is 272 g/mol. The first kappa shape index (κ1) is 13.4. The first-order chi connectivity index (χ1) is 10.0. The Hall–Kier alpha value is -2.63. The molecule has 1 aromatic carbocycles. The molecule has 1 fully saturated rings. The number of likely N-dealkylation sites (tertiary alicyclic amines) is 1. The van der Waals surface area contributed by atoms with Crippen LogP contribution in [0, 0.1) is 0 Å². The minimum atomic E-state index is -0.677. The third-order valence-corrected chi connectivity index (χ3v) is 3.56. The zero-order valence-electron chi connectivity index (χ0n) is 11.5. The van der Waals surface area contributed by atoms with Gasteiger partial charge in [-0.3, -0.25) is 9.59 Å². The molecule has 1 saturated heterocycles. The van der Waals surface area contributed by atoms with Gasteiger partial charge in [0.25, 0.3) is 5.91 Å². The van der Waals surface area contributed by atoms with Gasteiger partial charge < -0.3 is 14.6 Å². The largest absolute Gasteiger partial charge is 0.422 e. The number of nitrogens with zero attached hydrogens (tertiary/aromatic N) is 1. The van der Waals surface area contributed by atoms with Gasteiger partial charge in [-0.15, -0.1) is 0 Å². The SMILES string of the molecule is CN1CC(NC(=O)c2cc3ccccc3oc2=O)CC1=O. The summed E-state index contributed by atoms with van der Waals surface area (Å²) in [5.41, 5.74) is -0.283. The van der Waals surface area contributed by atoms with Crippen molar-refractivity contribution in [1.82, 2.24) is 10.2 Å². The maximum Gasteiger partial charge on any atom is 0.349 e. The maximum atomic E-state index is 12.2. The quantitative estimate of drug-likeness (QED) is 0.826. The van der Waals surface area contributed by atoms with Crippen LogP contribution in [0.1, 0.15) is 16.8 Å². The molecule has 2 aromatic rings. The first-order valence-corrected chi connectivity index (χ1v) is 6.62. The molecular formula is C15H14N2O4. The van der Waals surface area contributed by atoms with Crippen LogP contribution >= 0.6 is 0 Å². The summed E-state index contributed by atoms with van der Waals surface area (Å²) >= 11 is 0. The molecule has 21 heavy (non-hydrogen) atoms. The van der Waals surface area contributed by atoms with Crippen LogP contribution in [0.4, 0.5) is 0 Å². The Kier molecular flexibility index (Phi) is 3.21. The third kappa shape index (κ3) is 2.52. The lowest BCUT2D eigenvalue weighted by molar-refractivity contribution is -0.126. The number of nitrogens with one attached hydrogen (secondary N) is 1. The van der Waals surface area contributed by atoms with E-state index < -0.39 is 11.5 Å². The first-order valence-electron chi connectivity index (χ1n) is 6.62. The number of fused-ring (bicyclic) bond motifs is 1. The van der Waals surface area contributed by atoms with E-state index in [0.717, 1.165) is 0 Å². The summed E-state index contributed by atoms with van der Waals surface area (Å²) in [6.45, 7) is 0.448. The van der Waals surface area contributed by atoms with Crippen LogP contribution in [0.2, 0.25) is 0 Å². The fourth-order valence-electron chi connectivity index (χ4n) is 2.44. The normalized spacial score (nSPS) is 18.2. The lowest BCUT2D eigenvalue weighted by Crippen LogP contribution is -2.38. The zero-order chi connectivity index (χ0) is 15.0. The van der Waals surface area contributed by atoms with Crippen LogP contribution in [0.3, 0.4) is 0 Å². The molecule has 0 radical (unpaired) electrons. The van der Waals surface area contributed by atoms with Gasteiger partial charge in [0.2, 0.25) is 5.91 Å². The molecule has 0 spiro atoms. The molecule has 1 aliphatic rings. The number of benzene rings is 1. The van der Waals surface area contributed by atoms with E-state index >= 15 is 0 Å². The van der Waals surface area contributed by atoms with E-state index in [0.29, 0.717) is 17.5 Å². The number of carbonyl (C=O) groups is 2. The van der Waals surface area contributed by atoms with Crippen molar-refractivity contribution in [3.63, 3.8) is 0 Å². The molecule has 6 nitrogen and oxygen atoms in total. The molecule has 1 atom stereocenters. The number of amides is 2. The molecule has 1 N–H and O–H groups in total. The molecule has 2 amide bonds. The van der Waals surface area contributed by atoms with Gasteiger partial charge in [-0.05, 0) is 12.1 Å². The van der Waals surface area contributed by atoms with Crippen LogP contribution in [0.25, 0.3) is 11.0 Å². The summed E-state index contributed by atoms with van der Waals surface area (Å²) in [6, 6.07) is 8.22. The number of para-hydroxylation sites is 1. The Morgan fingerprint density at radius 3 is 2.81 bits per heavy atom. The Balaban J connectivity index is 1.86. The van der Waals surface area contributed by atoms with E-state index in [2.05, 4.69) is 5.32 Å². The lowest BCUT2D eigenvalue weighted by Gasteiger charge is -2.12. The summed E-state index contributed by atoms with van der Waals surface area (Å²) in [4.78, 5) is 37.0. The number of carbonyl (C=O) groups excluding carboxylic acids is 2. The molecule has 1 aromatic heterocycles. The highest BCUT2D eigenvalue weighted by Gasteiger charge is 2.28. The molecule has 3 rings (SSSR count). The number of hydrogen-bond acceptors (Lipinski definition) is 4. The highest BCUT2D eigenvalue weighted by molar-refractivity contribution is 5.97. The molecule has 6 heteroatoms. The third-order valence-electron chi connectivity index (χ3n) is 3.56. The van der Waals surface area contributed by atoms with Gasteiger partial charge in [0, 0.05) is 25.4 Å². The van der Waals surface area contributed by atoms with Crippen LogP contribution in [-0.2, 0) is 4.79 Å². The van der Waals surface area contributed by atoms with Gasteiger partial charge in [0.05, 0.1) is 6.04 Å². The van der Waals surface area contributed by atoms with E-state index in [1.165, 1.54) is 6.07 Å². The minimum absolute atomic E-state index is 0.0224. The predicted molar refractivity (Wildman–Crippen MR) is 76.0 cm³/mol. The summed E-state index contributed by atoms with van der Waals surface area (Å²) in [5, 5.41) is 3.38. The van der Waals surface area contributed by atoms with Gasteiger partial charge in [0.1, 0.15) is 11.1 Å². The highest BCUT2D eigenvalue weighted by Crippen LogP contribution is 2.13. The molecule has 2 heterocycles. The van der Waals surface area contributed by atoms with E-state index in [1.807, 2.05) is 0 Å². The topological polar surface area (TPSA) is 79.6 Å². The summed E-state index contributed by atoms with van der Waals surface area (Å²) in [5.74, 6) is -0.534. The molecule has 1 aliphatic heterocycles. The standard InChI is InChI=1S/C15H14N2O4/c1-17-8-10(7-13(17)18)16-14(19)11-6-9-4-2-3-5-12(9)21-15(11)20/h2-6,10H,7-8H2,1H3,(H,16,19). The van der Waals surface area contributed by atoms with Gasteiger partial charge in [-0.1, -0.05) is 18.2 Å². The smallest absolute Gasteiger partial charge is 0.349 e.